The molecule has 0 amide bonds. The zero-order valence-electron chi connectivity index (χ0n) is 20.0. The Kier molecular flexibility index (Phi) is 5.71. The van der Waals surface area contributed by atoms with Gasteiger partial charge in [-0.2, -0.15) is 0 Å². The first kappa shape index (κ1) is 21.9. The molecule has 5 heterocycles. The van der Waals surface area contributed by atoms with Gasteiger partial charge in [0.15, 0.2) is 5.82 Å². The molecule has 3 aliphatic heterocycles. The highest BCUT2D eigenvalue weighted by molar-refractivity contribution is 5.83. The van der Waals surface area contributed by atoms with Crippen LogP contribution in [0.3, 0.4) is 0 Å². The number of H-pyrrole nitrogens is 1. The van der Waals surface area contributed by atoms with Gasteiger partial charge in [-0.3, -0.25) is 14.6 Å². The van der Waals surface area contributed by atoms with E-state index >= 15 is 0 Å². The van der Waals surface area contributed by atoms with Gasteiger partial charge in [-0.05, 0) is 79.8 Å². The number of benzene rings is 1. The summed E-state index contributed by atoms with van der Waals surface area (Å²) in [5, 5.41) is 13.9. The summed E-state index contributed by atoms with van der Waals surface area (Å²) in [5.74, 6) is 0.733. The van der Waals surface area contributed by atoms with E-state index in [4.69, 9.17) is 4.74 Å². The Balaban J connectivity index is 1.45. The molecule has 2 aromatic heterocycles. The highest BCUT2D eigenvalue weighted by Gasteiger charge is 2.38. The predicted molar refractivity (Wildman–Crippen MR) is 129 cm³/mol. The Bertz CT molecular complexity index is 1250. The molecule has 0 radical (unpaired) electrons. The standard InChI is InChI=1S/C25H33N7O2/c1-16-11-17(2)20-13-21(25(33)26-22(20)12-16)23(31-9-8-30-7-3-5-18(30)14-31)24-27-28-29-32(24)15-19-6-4-10-34-19/h11-13,18-19,23H,3-10,14-15H2,1-2H3,(H,26,33)/t18-,19-,23-/m1/s1. The number of tetrazole rings is 1. The van der Waals surface area contributed by atoms with Gasteiger partial charge in [0.05, 0.1) is 12.6 Å². The molecule has 9 nitrogen and oxygen atoms in total. The quantitative estimate of drug-likeness (QED) is 0.620. The van der Waals surface area contributed by atoms with Crippen LogP contribution in [0.5, 0.6) is 0 Å². The summed E-state index contributed by atoms with van der Waals surface area (Å²) in [7, 11) is 0. The van der Waals surface area contributed by atoms with E-state index in [1.54, 1.807) is 0 Å². The lowest BCUT2D eigenvalue weighted by atomic mass is 9.98. The maximum absolute atomic E-state index is 13.5. The fourth-order valence-corrected chi connectivity index (χ4v) is 6.16. The normalized spacial score (nSPS) is 24.6. The Morgan fingerprint density at radius 2 is 2.06 bits per heavy atom. The molecule has 0 spiro atoms. The van der Waals surface area contributed by atoms with E-state index in [2.05, 4.69) is 56.3 Å². The lowest BCUT2D eigenvalue weighted by molar-refractivity contribution is 0.0728. The molecule has 3 saturated heterocycles. The fourth-order valence-electron chi connectivity index (χ4n) is 6.16. The van der Waals surface area contributed by atoms with Crippen LogP contribution in [-0.2, 0) is 11.3 Å². The topological polar surface area (TPSA) is 92.2 Å². The number of nitrogens with one attached hydrogen (secondary N) is 1. The van der Waals surface area contributed by atoms with Crippen molar-refractivity contribution in [2.75, 3.05) is 32.8 Å². The molecule has 3 aromatic rings. The van der Waals surface area contributed by atoms with E-state index in [1.807, 2.05) is 10.7 Å². The number of piperazine rings is 1. The molecular weight excluding hydrogens is 430 g/mol. The molecule has 0 aliphatic carbocycles. The number of ether oxygens (including phenoxy) is 1. The molecule has 0 bridgehead atoms. The van der Waals surface area contributed by atoms with E-state index < -0.39 is 0 Å². The number of hydrogen-bond donors (Lipinski definition) is 1. The molecule has 0 unspecified atom stereocenters. The second-order valence-corrected chi connectivity index (χ2v) is 10.2. The third-order valence-electron chi connectivity index (χ3n) is 7.82. The molecule has 3 atom stereocenters. The maximum atomic E-state index is 13.5. The van der Waals surface area contributed by atoms with Gasteiger partial charge in [-0.25, -0.2) is 4.68 Å². The molecule has 180 valence electrons. The molecule has 0 saturated carbocycles. The zero-order chi connectivity index (χ0) is 23.2. The highest BCUT2D eigenvalue weighted by atomic mass is 16.5. The largest absolute Gasteiger partial charge is 0.376 e. The van der Waals surface area contributed by atoms with Crippen LogP contribution < -0.4 is 5.56 Å². The Morgan fingerprint density at radius 3 is 2.91 bits per heavy atom. The van der Waals surface area contributed by atoms with Crippen molar-refractivity contribution in [2.24, 2.45) is 0 Å². The minimum atomic E-state index is -0.298. The van der Waals surface area contributed by atoms with Crippen LogP contribution in [0, 0.1) is 13.8 Å². The number of nitrogens with zero attached hydrogens (tertiary/aromatic N) is 6. The van der Waals surface area contributed by atoms with Gasteiger partial charge < -0.3 is 9.72 Å². The van der Waals surface area contributed by atoms with Crippen LogP contribution in [0.4, 0.5) is 0 Å². The summed E-state index contributed by atoms with van der Waals surface area (Å²) in [6.07, 6.45) is 4.65. The van der Waals surface area contributed by atoms with Crippen molar-refractivity contribution in [3.8, 4) is 0 Å². The van der Waals surface area contributed by atoms with E-state index in [0.29, 0.717) is 18.2 Å². The average Bonchev–Trinajstić information content (AvgIpc) is 3.57. The number of rotatable bonds is 5. The minimum Gasteiger partial charge on any atom is -0.376 e. The third-order valence-corrected chi connectivity index (χ3v) is 7.82. The van der Waals surface area contributed by atoms with Crippen LogP contribution in [0.1, 0.15) is 54.2 Å². The fraction of sp³-hybridized carbons (Fsp3) is 0.600. The molecular formula is C25H33N7O2. The van der Waals surface area contributed by atoms with Crippen molar-refractivity contribution in [1.29, 1.82) is 0 Å². The first-order valence-corrected chi connectivity index (χ1v) is 12.6. The molecule has 9 heteroatoms. The second-order valence-electron chi connectivity index (χ2n) is 10.2. The average molecular weight is 464 g/mol. The molecule has 3 fully saturated rings. The van der Waals surface area contributed by atoms with Crippen molar-refractivity contribution in [3.05, 3.63) is 51.1 Å². The third kappa shape index (κ3) is 3.95. The first-order chi connectivity index (χ1) is 16.6. The Labute approximate surface area is 199 Å². The summed E-state index contributed by atoms with van der Waals surface area (Å²) in [5.41, 5.74) is 3.83. The summed E-state index contributed by atoms with van der Waals surface area (Å²) >= 11 is 0. The number of pyridine rings is 1. The molecule has 34 heavy (non-hydrogen) atoms. The highest BCUT2D eigenvalue weighted by Crippen LogP contribution is 2.32. The Morgan fingerprint density at radius 1 is 1.15 bits per heavy atom. The van der Waals surface area contributed by atoms with Crippen LogP contribution in [-0.4, -0.2) is 79.9 Å². The van der Waals surface area contributed by atoms with Crippen LogP contribution >= 0.6 is 0 Å². The monoisotopic (exact) mass is 463 g/mol. The summed E-state index contributed by atoms with van der Waals surface area (Å²) < 4.78 is 7.74. The van der Waals surface area contributed by atoms with Gasteiger partial charge in [0.25, 0.3) is 5.56 Å². The van der Waals surface area contributed by atoms with Crippen LogP contribution in [0.15, 0.2) is 23.0 Å². The maximum Gasteiger partial charge on any atom is 0.253 e. The predicted octanol–water partition coefficient (Wildman–Crippen LogP) is 2.18. The van der Waals surface area contributed by atoms with Crippen LogP contribution in [0.25, 0.3) is 10.9 Å². The smallest absolute Gasteiger partial charge is 0.253 e. The Hall–Kier alpha value is -2.62. The lowest BCUT2D eigenvalue weighted by Crippen LogP contribution is -2.52. The van der Waals surface area contributed by atoms with E-state index in [-0.39, 0.29) is 17.7 Å². The number of aryl methyl sites for hydroxylation is 2. The molecule has 1 N–H and O–H groups in total. The SMILES string of the molecule is Cc1cc(C)c2cc([C@H](c3nnnn3C[C@H]3CCCO3)N3CCN4CCC[C@@H]4C3)c(=O)[nH]c2c1. The van der Waals surface area contributed by atoms with Crippen molar-refractivity contribution >= 4 is 10.9 Å². The van der Waals surface area contributed by atoms with Gasteiger partial charge in [0.2, 0.25) is 0 Å². The van der Waals surface area contributed by atoms with Gasteiger partial charge in [0, 0.05) is 48.7 Å². The van der Waals surface area contributed by atoms with E-state index in [0.717, 1.165) is 66.9 Å². The van der Waals surface area contributed by atoms with E-state index in [9.17, 15) is 4.79 Å². The molecule has 3 aliphatic rings. The van der Waals surface area contributed by atoms with Gasteiger partial charge in [-0.15, -0.1) is 5.10 Å². The number of aromatic amines is 1. The molecule has 6 rings (SSSR count). The first-order valence-electron chi connectivity index (χ1n) is 12.6. The van der Waals surface area contributed by atoms with Crippen LogP contribution in [0.2, 0.25) is 0 Å². The second kappa shape index (κ2) is 8.87. The lowest BCUT2D eigenvalue weighted by Gasteiger charge is -2.41. The summed E-state index contributed by atoms with van der Waals surface area (Å²) in [6.45, 7) is 9.56. The van der Waals surface area contributed by atoms with Crippen molar-refractivity contribution in [1.82, 2.24) is 35.0 Å². The molecule has 1 aromatic carbocycles. The minimum absolute atomic E-state index is 0.0667. The zero-order valence-corrected chi connectivity index (χ0v) is 20.0. The van der Waals surface area contributed by atoms with Gasteiger partial charge in [0.1, 0.15) is 6.04 Å². The summed E-state index contributed by atoms with van der Waals surface area (Å²) in [6, 6.07) is 6.51. The van der Waals surface area contributed by atoms with Crippen molar-refractivity contribution in [2.45, 2.75) is 64.3 Å². The van der Waals surface area contributed by atoms with Crippen molar-refractivity contribution < 1.29 is 4.74 Å². The number of aromatic nitrogens is 5. The van der Waals surface area contributed by atoms with Gasteiger partial charge >= 0.3 is 0 Å². The van der Waals surface area contributed by atoms with Crippen molar-refractivity contribution in [3.63, 3.8) is 0 Å². The van der Waals surface area contributed by atoms with Gasteiger partial charge in [-0.1, -0.05) is 6.07 Å². The summed E-state index contributed by atoms with van der Waals surface area (Å²) in [4.78, 5) is 21.7. The van der Waals surface area contributed by atoms with E-state index in [1.165, 1.54) is 19.4 Å². The number of fused-ring (bicyclic) bond motifs is 2. The number of hydrogen-bond acceptors (Lipinski definition) is 7.